The number of hydrogen-bond acceptors (Lipinski definition) is 3. The van der Waals surface area contributed by atoms with Gasteiger partial charge in [0.1, 0.15) is 0 Å². The van der Waals surface area contributed by atoms with Crippen molar-refractivity contribution in [1.29, 1.82) is 5.26 Å². The minimum Gasteiger partial charge on any atom is -0.316 e. The van der Waals surface area contributed by atoms with Crippen molar-refractivity contribution in [3.8, 4) is 6.07 Å². The fraction of sp³-hybridized carbons (Fsp3) is 0.500. The lowest BCUT2D eigenvalue weighted by Gasteiger charge is -2.14. The fourth-order valence-electron chi connectivity index (χ4n) is 1.43. The third kappa shape index (κ3) is 5.25. The summed E-state index contributed by atoms with van der Waals surface area (Å²) in [6.45, 7) is 4.88. The van der Waals surface area contributed by atoms with Crippen LogP contribution in [0.1, 0.15) is 25.8 Å². The van der Waals surface area contributed by atoms with Gasteiger partial charge in [-0.25, -0.2) is 0 Å². The van der Waals surface area contributed by atoms with Crippen molar-refractivity contribution in [3.05, 3.63) is 29.8 Å². The van der Waals surface area contributed by atoms with Gasteiger partial charge < -0.3 is 5.32 Å². The van der Waals surface area contributed by atoms with Gasteiger partial charge in [-0.15, -0.1) is 11.8 Å². The molecular weight excluding hydrogens is 228 g/mol. The first-order chi connectivity index (χ1) is 8.07. The monoisotopic (exact) mass is 248 g/mol. The van der Waals surface area contributed by atoms with Crippen molar-refractivity contribution in [2.24, 2.45) is 5.41 Å². The van der Waals surface area contributed by atoms with Crippen LogP contribution in [-0.4, -0.2) is 12.8 Å². The van der Waals surface area contributed by atoms with E-state index in [1.54, 1.807) is 0 Å². The van der Waals surface area contributed by atoms with Crippen LogP contribution in [0.4, 0.5) is 0 Å². The Hall–Kier alpha value is -0.980. The quantitative estimate of drug-likeness (QED) is 0.783. The maximum Gasteiger partial charge on any atom is 0.0684 e. The topological polar surface area (TPSA) is 35.8 Å². The summed E-state index contributed by atoms with van der Waals surface area (Å²) in [4.78, 5) is 1.28. The van der Waals surface area contributed by atoms with Gasteiger partial charge in [0.25, 0.3) is 0 Å². The normalized spacial score (nSPS) is 11.2. The lowest BCUT2D eigenvalue weighted by molar-refractivity contribution is 0.482. The molecule has 0 saturated carbocycles. The molecule has 0 saturated heterocycles. The first-order valence-corrected chi connectivity index (χ1v) is 6.83. The minimum atomic E-state index is -0.213. The second-order valence-corrected chi connectivity index (χ2v) is 5.94. The van der Waals surface area contributed by atoms with Crippen LogP contribution in [0.15, 0.2) is 29.2 Å². The van der Waals surface area contributed by atoms with Crippen molar-refractivity contribution >= 4 is 11.8 Å². The van der Waals surface area contributed by atoms with Crippen molar-refractivity contribution in [2.45, 2.75) is 31.7 Å². The molecule has 0 spiro atoms. The van der Waals surface area contributed by atoms with Crippen molar-refractivity contribution < 1.29 is 0 Å². The van der Waals surface area contributed by atoms with E-state index >= 15 is 0 Å². The average molecular weight is 248 g/mol. The van der Waals surface area contributed by atoms with Crippen molar-refractivity contribution in [2.75, 3.05) is 12.8 Å². The number of nitrogens with zero attached hydrogens (tertiary/aromatic N) is 1. The van der Waals surface area contributed by atoms with Crippen LogP contribution in [0.5, 0.6) is 0 Å². The molecule has 0 aliphatic heterocycles. The summed E-state index contributed by atoms with van der Waals surface area (Å²) < 4.78 is 0. The zero-order valence-corrected chi connectivity index (χ0v) is 11.6. The van der Waals surface area contributed by atoms with Gasteiger partial charge in [0, 0.05) is 11.4 Å². The Bertz CT molecular complexity index is 393. The summed E-state index contributed by atoms with van der Waals surface area (Å²) >= 11 is 1.82. The second-order valence-electron chi connectivity index (χ2n) is 4.77. The number of benzene rings is 1. The molecule has 0 aromatic heterocycles. The Morgan fingerprint density at radius 3 is 2.82 bits per heavy atom. The van der Waals surface area contributed by atoms with E-state index in [1.807, 2.05) is 32.7 Å². The molecule has 0 heterocycles. The van der Waals surface area contributed by atoms with Crippen LogP contribution in [0, 0.1) is 16.7 Å². The zero-order valence-electron chi connectivity index (χ0n) is 10.8. The van der Waals surface area contributed by atoms with Crippen molar-refractivity contribution in [1.82, 2.24) is 5.32 Å². The van der Waals surface area contributed by atoms with Crippen LogP contribution >= 0.6 is 11.8 Å². The standard InChI is InChI=1S/C14H20N2S/c1-14(2,11-15)7-8-17-13-6-4-5-12(9-13)10-16-3/h4-6,9,16H,7-8,10H2,1-3H3. The SMILES string of the molecule is CNCc1cccc(SCCC(C)(C)C#N)c1. The maximum atomic E-state index is 8.94. The van der Waals surface area contributed by atoms with Crippen LogP contribution in [0.25, 0.3) is 0 Å². The average Bonchev–Trinajstić information content (AvgIpc) is 2.30. The lowest BCUT2D eigenvalue weighted by atomic mass is 9.93. The van der Waals surface area contributed by atoms with Crippen molar-refractivity contribution in [3.63, 3.8) is 0 Å². The molecule has 1 N–H and O–H groups in total. The maximum absolute atomic E-state index is 8.94. The first kappa shape index (κ1) is 14.1. The van der Waals surface area contributed by atoms with Crippen LogP contribution in [0.2, 0.25) is 0 Å². The van der Waals surface area contributed by atoms with Gasteiger partial charge in [0.05, 0.1) is 11.5 Å². The summed E-state index contributed by atoms with van der Waals surface area (Å²) in [6.07, 6.45) is 0.921. The number of rotatable bonds is 6. The molecule has 0 atom stereocenters. The fourth-order valence-corrected chi connectivity index (χ4v) is 2.69. The summed E-state index contributed by atoms with van der Waals surface area (Å²) in [7, 11) is 1.95. The third-order valence-electron chi connectivity index (χ3n) is 2.58. The Kier molecular flexibility index (Phi) is 5.54. The third-order valence-corrected chi connectivity index (χ3v) is 3.57. The van der Waals surface area contributed by atoms with E-state index in [9.17, 15) is 0 Å². The summed E-state index contributed by atoms with van der Waals surface area (Å²) in [5.74, 6) is 0.990. The van der Waals surface area contributed by atoms with Gasteiger partial charge in [0.15, 0.2) is 0 Å². The summed E-state index contributed by atoms with van der Waals surface area (Å²) in [5.41, 5.74) is 1.09. The van der Waals surface area contributed by atoms with Crippen LogP contribution in [0.3, 0.4) is 0 Å². The highest BCUT2D eigenvalue weighted by Gasteiger charge is 2.15. The first-order valence-electron chi connectivity index (χ1n) is 5.85. The molecule has 0 fully saturated rings. The Balaban J connectivity index is 2.47. The highest BCUT2D eigenvalue weighted by Crippen LogP contribution is 2.26. The van der Waals surface area contributed by atoms with E-state index < -0.39 is 0 Å². The molecule has 17 heavy (non-hydrogen) atoms. The number of nitrogens with one attached hydrogen (secondary N) is 1. The molecule has 0 unspecified atom stereocenters. The lowest BCUT2D eigenvalue weighted by Crippen LogP contribution is -2.08. The van der Waals surface area contributed by atoms with Gasteiger partial charge in [0.2, 0.25) is 0 Å². The van der Waals surface area contributed by atoms with Crippen LogP contribution in [-0.2, 0) is 6.54 Å². The largest absolute Gasteiger partial charge is 0.316 e. The highest BCUT2D eigenvalue weighted by molar-refractivity contribution is 7.99. The Labute approximate surface area is 108 Å². The minimum absolute atomic E-state index is 0.213. The second kappa shape index (κ2) is 6.68. The molecule has 0 radical (unpaired) electrons. The predicted octanol–water partition coefficient (Wildman–Crippen LogP) is 3.44. The molecule has 1 aromatic carbocycles. The van der Waals surface area contributed by atoms with E-state index in [1.165, 1.54) is 10.5 Å². The zero-order chi connectivity index (χ0) is 12.7. The van der Waals surface area contributed by atoms with E-state index in [4.69, 9.17) is 5.26 Å². The van der Waals surface area contributed by atoms with E-state index in [0.717, 1.165) is 18.7 Å². The molecule has 1 rings (SSSR count). The number of nitriles is 1. The van der Waals surface area contributed by atoms with Crippen LogP contribution < -0.4 is 5.32 Å². The number of hydrogen-bond donors (Lipinski definition) is 1. The molecule has 92 valence electrons. The van der Waals surface area contributed by atoms with Gasteiger partial charge in [-0.05, 0) is 50.8 Å². The van der Waals surface area contributed by atoms with Gasteiger partial charge in [-0.3, -0.25) is 0 Å². The molecule has 0 bridgehead atoms. The van der Waals surface area contributed by atoms with Gasteiger partial charge in [-0.2, -0.15) is 5.26 Å². The van der Waals surface area contributed by atoms with Gasteiger partial charge >= 0.3 is 0 Å². The van der Waals surface area contributed by atoms with E-state index in [0.29, 0.717) is 0 Å². The summed E-state index contributed by atoms with van der Waals surface area (Å²) in [6, 6.07) is 10.9. The molecule has 1 aromatic rings. The van der Waals surface area contributed by atoms with Gasteiger partial charge in [-0.1, -0.05) is 12.1 Å². The Morgan fingerprint density at radius 2 is 2.18 bits per heavy atom. The van der Waals surface area contributed by atoms with E-state index in [2.05, 4.69) is 35.7 Å². The highest BCUT2D eigenvalue weighted by atomic mass is 32.2. The molecule has 0 aliphatic carbocycles. The molecule has 0 amide bonds. The molecule has 0 aliphatic rings. The molecule has 3 heteroatoms. The smallest absolute Gasteiger partial charge is 0.0684 e. The van der Waals surface area contributed by atoms with E-state index in [-0.39, 0.29) is 5.41 Å². The molecular formula is C14H20N2S. The Morgan fingerprint density at radius 1 is 1.41 bits per heavy atom. The molecule has 2 nitrogen and oxygen atoms in total. The predicted molar refractivity (Wildman–Crippen MR) is 73.9 cm³/mol. The number of thioether (sulfide) groups is 1. The summed E-state index contributed by atoms with van der Waals surface area (Å²) in [5, 5.41) is 12.1.